The number of fused-ring (bicyclic) bond motifs is 2. The maximum Gasteiger partial charge on any atom is 0.231 e. The van der Waals surface area contributed by atoms with Gasteiger partial charge in [-0.1, -0.05) is 30.3 Å². The first-order chi connectivity index (χ1) is 12.8. The highest BCUT2D eigenvalue weighted by molar-refractivity contribution is 5.44. The summed E-state index contributed by atoms with van der Waals surface area (Å²) in [6, 6.07) is 14.7. The van der Waals surface area contributed by atoms with E-state index in [2.05, 4.69) is 29.6 Å². The number of benzene rings is 2. The molecule has 0 spiro atoms. The lowest BCUT2D eigenvalue weighted by atomic mass is 9.88. The molecule has 138 valence electrons. The normalized spacial score (nSPS) is 19.2. The van der Waals surface area contributed by atoms with Crippen molar-refractivity contribution in [2.45, 2.75) is 38.0 Å². The Kier molecular flexibility index (Phi) is 5.39. The molecule has 0 fully saturated rings. The van der Waals surface area contributed by atoms with E-state index in [1.54, 1.807) is 0 Å². The van der Waals surface area contributed by atoms with Crippen molar-refractivity contribution in [3.05, 3.63) is 59.2 Å². The minimum atomic E-state index is -0.530. The highest BCUT2D eigenvalue weighted by atomic mass is 16.7. The van der Waals surface area contributed by atoms with Crippen molar-refractivity contribution >= 4 is 0 Å². The molecule has 5 heteroatoms. The van der Waals surface area contributed by atoms with Crippen molar-refractivity contribution in [2.24, 2.45) is 0 Å². The van der Waals surface area contributed by atoms with Crippen LogP contribution in [0.15, 0.2) is 42.5 Å². The van der Waals surface area contributed by atoms with Crippen LogP contribution in [0.4, 0.5) is 0 Å². The van der Waals surface area contributed by atoms with Gasteiger partial charge < -0.3 is 24.6 Å². The van der Waals surface area contributed by atoms with Crippen LogP contribution in [-0.2, 0) is 17.8 Å². The van der Waals surface area contributed by atoms with Crippen LogP contribution < -0.4 is 14.8 Å². The quantitative estimate of drug-likeness (QED) is 0.800. The van der Waals surface area contributed by atoms with Crippen molar-refractivity contribution in [1.29, 1.82) is 0 Å². The van der Waals surface area contributed by atoms with E-state index in [4.69, 9.17) is 14.2 Å². The van der Waals surface area contributed by atoms with Gasteiger partial charge in [-0.3, -0.25) is 0 Å². The zero-order chi connectivity index (χ0) is 17.8. The predicted molar refractivity (Wildman–Crippen MR) is 98.4 cm³/mol. The molecule has 4 rings (SSSR count). The molecule has 2 aliphatic rings. The minimum Gasteiger partial charge on any atom is -0.454 e. The van der Waals surface area contributed by atoms with Gasteiger partial charge in [-0.2, -0.15) is 0 Å². The van der Waals surface area contributed by atoms with Crippen molar-refractivity contribution < 1.29 is 19.3 Å². The number of hydrogen-bond donors (Lipinski definition) is 2. The highest BCUT2D eigenvalue weighted by Gasteiger charge is 2.20. The molecule has 0 radical (unpaired) electrons. The van der Waals surface area contributed by atoms with E-state index < -0.39 is 6.10 Å². The topological polar surface area (TPSA) is 60.0 Å². The SMILES string of the molecule is O[C@H](CN[C@H]1CCCc2ccccc21)COCc1ccc2c(c1)OCO2. The third-order valence-corrected chi connectivity index (χ3v) is 4.99. The zero-order valence-corrected chi connectivity index (χ0v) is 14.8. The lowest BCUT2D eigenvalue weighted by Gasteiger charge is -2.27. The molecule has 2 aromatic carbocycles. The molecule has 0 unspecified atom stereocenters. The summed E-state index contributed by atoms with van der Waals surface area (Å²) in [5.74, 6) is 1.52. The fourth-order valence-corrected chi connectivity index (χ4v) is 3.65. The Labute approximate surface area is 153 Å². The van der Waals surface area contributed by atoms with Gasteiger partial charge in [0.05, 0.1) is 19.3 Å². The Morgan fingerprint density at radius 2 is 2.04 bits per heavy atom. The van der Waals surface area contributed by atoms with E-state index in [1.165, 1.54) is 17.5 Å². The van der Waals surface area contributed by atoms with Gasteiger partial charge in [-0.25, -0.2) is 0 Å². The standard InChI is InChI=1S/C21H25NO4/c23-17(11-22-19-7-3-5-16-4-1-2-6-18(16)19)13-24-12-15-8-9-20-21(10-15)26-14-25-20/h1-2,4,6,8-10,17,19,22-23H,3,5,7,11-14H2/t17-,19+/m1/s1. The summed E-state index contributed by atoms with van der Waals surface area (Å²) in [6.45, 7) is 1.55. The maximum absolute atomic E-state index is 10.2. The van der Waals surface area contributed by atoms with Crippen LogP contribution >= 0.6 is 0 Å². The smallest absolute Gasteiger partial charge is 0.231 e. The second-order valence-electron chi connectivity index (χ2n) is 6.91. The van der Waals surface area contributed by atoms with Crippen LogP contribution in [0.5, 0.6) is 11.5 Å². The molecule has 5 nitrogen and oxygen atoms in total. The lowest BCUT2D eigenvalue weighted by molar-refractivity contribution is 0.0273. The second kappa shape index (κ2) is 8.08. The summed E-state index contributed by atoms with van der Waals surface area (Å²) in [5, 5.41) is 13.7. The van der Waals surface area contributed by atoms with Crippen LogP contribution in [0.25, 0.3) is 0 Å². The monoisotopic (exact) mass is 355 g/mol. The van der Waals surface area contributed by atoms with Gasteiger partial charge in [0.1, 0.15) is 0 Å². The average Bonchev–Trinajstić information content (AvgIpc) is 3.14. The van der Waals surface area contributed by atoms with Crippen LogP contribution in [0.1, 0.15) is 35.6 Å². The molecule has 2 N–H and O–H groups in total. The van der Waals surface area contributed by atoms with Gasteiger partial charge in [-0.05, 0) is 48.1 Å². The first kappa shape index (κ1) is 17.3. The second-order valence-corrected chi connectivity index (χ2v) is 6.91. The highest BCUT2D eigenvalue weighted by Crippen LogP contribution is 2.32. The Morgan fingerprint density at radius 3 is 3.00 bits per heavy atom. The number of nitrogens with one attached hydrogen (secondary N) is 1. The molecule has 0 saturated carbocycles. The van der Waals surface area contributed by atoms with Gasteiger partial charge in [0.15, 0.2) is 11.5 Å². The van der Waals surface area contributed by atoms with Gasteiger partial charge in [0.25, 0.3) is 0 Å². The van der Waals surface area contributed by atoms with E-state index in [-0.39, 0.29) is 6.79 Å². The zero-order valence-electron chi connectivity index (χ0n) is 14.8. The van der Waals surface area contributed by atoms with E-state index >= 15 is 0 Å². The molecular formula is C21H25NO4. The molecule has 0 aromatic heterocycles. The summed E-state index contributed by atoms with van der Waals surface area (Å²) in [6.07, 6.45) is 2.92. The van der Waals surface area contributed by atoms with E-state index in [0.717, 1.165) is 29.9 Å². The minimum absolute atomic E-state index is 0.272. The van der Waals surface area contributed by atoms with Gasteiger partial charge in [0.2, 0.25) is 6.79 Å². The number of aliphatic hydroxyl groups excluding tert-OH is 1. The van der Waals surface area contributed by atoms with Crippen molar-refractivity contribution in [3.63, 3.8) is 0 Å². The molecule has 26 heavy (non-hydrogen) atoms. The number of aliphatic hydroxyl groups is 1. The van der Waals surface area contributed by atoms with Gasteiger partial charge in [-0.15, -0.1) is 0 Å². The van der Waals surface area contributed by atoms with Crippen LogP contribution in [-0.4, -0.2) is 31.2 Å². The number of rotatable bonds is 7. The molecule has 2 atom stereocenters. The Hall–Kier alpha value is -2.08. The first-order valence-electron chi connectivity index (χ1n) is 9.25. The van der Waals surface area contributed by atoms with Gasteiger partial charge >= 0.3 is 0 Å². The molecule has 2 aromatic rings. The molecule has 1 aliphatic heterocycles. The average molecular weight is 355 g/mol. The van der Waals surface area contributed by atoms with Crippen molar-refractivity contribution in [2.75, 3.05) is 19.9 Å². The molecule has 1 heterocycles. The summed E-state index contributed by atoms with van der Waals surface area (Å²) >= 11 is 0. The molecular weight excluding hydrogens is 330 g/mol. The predicted octanol–water partition coefficient (Wildman–Crippen LogP) is 2.96. The fraction of sp³-hybridized carbons (Fsp3) is 0.429. The molecule has 0 bridgehead atoms. The van der Waals surface area contributed by atoms with Gasteiger partial charge in [0, 0.05) is 12.6 Å². The van der Waals surface area contributed by atoms with Crippen molar-refractivity contribution in [1.82, 2.24) is 5.32 Å². The third kappa shape index (κ3) is 4.01. The first-order valence-corrected chi connectivity index (χ1v) is 9.25. The van der Waals surface area contributed by atoms with Crippen molar-refractivity contribution in [3.8, 4) is 11.5 Å². The van der Waals surface area contributed by atoms with Crippen LogP contribution in [0.3, 0.4) is 0 Å². The Balaban J connectivity index is 1.22. The summed E-state index contributed by atoms with van der Waals surface area (Å²) < 4.78 is 16.3. The number of hydrogen-bond acceptors (Lipinski definition) is 5. The molecule has 1 aliphatic carbocycles. The van der Waals surface area contributed by atoms with E-state index in [1.807, 2.05) is 18.2 Å². The molecule has 0 amide bonds. The molecule has 0 saturated heterocycles. The summed E-state index contributed by atoms with van der Waals surface area (Å²) in [5.41, 5.74) is 3.80. The Bertz CT molecular complexity index is 749. The number of aryl methyl sites for hydroxylation is 1. The van der Waals surface area contributed by atoms with E-state index in [0.29, 0.717) is 25.8 Å². The lowest BCUT2D eigenvalue weighted by Crippen LogP contribution is -2.34. The van der Waals surface area contributed by atoms with Crippen LogP contribution in [0, 0.1) is 0 Å². The largest absolute Gasteiger partial charge is 0.454 e. The summed E-state index contributed by atoms with van der Waals surface area (Å²) in [4.78, 5) is 0. The third-order valence-electron chi connectivity index (χ3n) is 4.99. The van der Waals surface area contributed by atoms with E-state index in [9.17, 15) is 5.11 Å². The Morgan fingerprint density at radius 1 is 1.15 bits per heavy atom. The van der Waals surface area contributed by atoms with Crippen LogP contribution in [0.2, 0.25) is 0 Å². The fourth-order valence-electron chi connectivity index (χ4n) is 3.65. The number of ether oxygens (including phenoxy) is 3. The summed E-state index contributed by atoms with van der Waals surface area (Å²) in [7, 11) is 0. The maximum atomic E-state index is 10.2.